The average molecular weight is 360 g/mol. The molecule has 2 heterocycles. The van der Waals surface area contributed by atoms with Gasteiger partial charge < -0.3 is 33.2 Å². The monoisotopic (exact) mass is 360 g/mol. The Morgan fingerprint density at radius 3 is 1.84 bits per heavy atom. The highest BCUT2D eigenvalue weighted by atomic mass is 16.6. The molecular weight excluding hydrogens is 328 g/mol. The Bertz CT molecular complexity index is 337. The van der Waals surface area contributed by atoms with Crippen LogP contribution in [0.3, 0.4) is 0 Å². The predicted molar refractivity (Wildman–Crippen MR) is 91.9 cm³/mol. The van der Waals surface area contributed by atoms with Crippen LogP contribution in [0.2, 0.25) is 0 Å². The molecule has 25 heavy (non-hydrogen) atoms. The Morgan fingerprint density at radius 1 is 0.520 bits per heavy atom. The molecule has 0 aromatic heterocycles. The Balaban J connectivity index is 1.69. The first-order chi connectivity index (χ1) is 12.5. The summed E-state index contributed by atoms with van der Waals surface area (Å²) in [6, 6.07) is 0. The lowest BCUT2D eigenvalue weighted by Crippen LogP contribution is -2.40. The zero-order valence-electron chi connectivity index (χ0n) is 15.1. The zero-order chi connectivity index (χ0) is 17.4. The van der Waals surface area contributed by atoms with Crippen LogP contribution in [0.25, 0.3) is 0 Å². The van der Waals surface area contributed by atoms with Crippen LogP contribution in [0.5, 0.6) is 0 Å². The highest BCUT2D eigenvalue weighted by Gasteiger charge is 2.26. The summed E-state index contributed by atoms with van der Waals surface area (Å²) < 4.78 is 39.2. The highest BCUT2D eigenvalue weighted by Crippen LogP contribution is 2.17. The summed E-state index contributed by atoms with van der Waals surface area (Å²) >= 11 is 0. The van der Waals surface area contributed by atoms with E-state index in [1.165, 1.54) is 0 Å². The fourth-order valence-corrected chi connectivity index (χ4v) is 2.60. The molecule has 0 radical (unpaired) electrons. The standard InChI is InChI=1S/C18H32O7/c1-2-6-24-17-4-3-7-25-18(17)16-23-15-14-22-13-12-21-11-10-20-9-8-19-5-1/h1-2,17-18H,3-16H2/b2-1+/t17-,18+/m0/s1. The molecule has 146 valence electrons. The summed E-state index contributed by atoms with van der Waals surface area (Å²) in [6.45, 7) is 6.94. The van der Waals surface area contributed by atoms with Crippen LogP contribution >= 0.6 is 0 Å². The number of ether oxygens (including phenoxy) is 7. The smallest absolute Gasteiger partial charge is 0.107 e. The molecule has 1 fully saturated rings. The van der Waals surface area contributed by atoms with Gasteiger partial charge in [-0.2, -0.15) is 0 Å². The Morgan fingerprint density at radius 2 is 1.12 bits per heavy atom. The first-order valence-electron chi connectivity index (χ1n) is 9.24. The minimum absolute atomic E-state index is 0.00649. The van der Waals surface area contributed by atoms with Gasteiger partial charge in [0.05, 0.1) is 78.8 Å². The van der Waals surface area contributed by atoms with Gasteiger partial charge in [0, 0.05) is 6.61 Å². The number of hydrogen-bond donors (Lipinski definition) is 0. The topological polar surface area (TPSA) is 64.6 Å². The van der Waals surface area contributed by atoms with E-state index < -0.39 is 0 Å². The van der Waals surface area contributed by atoms with Crippen molar-refractivity contribution in [2.24, 2.45) is 0 Å². The maximum absolute atomic E-state index is 5.92. The molecule has 0 saturated carbocycles. The highest BCUT2D eigenvalue weighted by molar-refractivity contribution is 4.83. The van der Waals surface area contributed by atoms with Gasteiger partial charge in [-0.05, 0) is 12.8 Å². The maximum atomic E-state index is 5.92. The van der Waals surface area contributed by atoms with E-state index in [2.05, 4.69) is 0 Å². The quantitative estimate of drug-likeness (QED) is 0.602. The van der Waals surface area contributed by atoms with Gasteiger partial charge in [-0.25, -0.2) is 0 Å². The van der Waals surface area contributed by atoms with Gasteiger partial charge in [-0.3, -0.25) is 0 Å². The molecule has 0 aromatic carbocycles. The summed E-state index contributed by atoms with van der Waals surface area (Å²) in [4.78, 5) is 0. The molecular formula is C18H32O7. The van der Waals surface area contributed by atoms with Gasteiger partial charge in [0.25, 0.3) is 0 Å². The third kappa shape index (κ3) is 10.3. The van der Waals surface area contributed by atoms with Crippen LogP contribution in [-0.2, 0) is 33.2 Å². The van der Waals surface area contributed by atoms with Gasteiger partial charge in [0.1, 0.15) is 6.10 Å². The number of fused-ring (bicyclic) bond motifs is 1. The van der Waals surface area contributed by atoms with E-state index in [-0.39, 0.29) is 12.2 Å². The van der Waals surface area contributed by atoms with Gasteiger partial charge >= 0.3 is 0 Å². The lowest BCUT2D eigenvalue weighted by Gasteiger charge is -2.31. The van der Waals surface area contributed by atoms with Gasteiger partial charge in [0.2, 0.25) is 0 Å². The summed E-state index contributed by atoms with van der Waals surface area (Å²) in [5.41, 5.74) is 0. The molecule has 0 amide bonds. The molecule has 0 spiro atoms. The molecule has 2 aliphatic heterocycles. The van der Waals surface area contributed by atoms with Crippen LogP contribution in [-0.4, -0.2) is 91.5 Å². The third-order valence-corrected chi connectivity index (χ3v) is 3.94. The van der Waals surface area contributed by atoms with Crippen molar-refractivity contribution in [1.29, 1.82) is 0 Å². The van der Waals surface area contributed by atoms with Crippen molar-refractivity contribution < 1.29 is 33.2 Å². The molecule has 2 atom stereocenters. The third-order valence-electron chi connectivity index (χ3n) is 3.94. The molecule has 2 rings (SSSR count). The fourth-order valence-electron chi connectivity index (χ4n) is 2.60. The van der Waals surface area contributed by atoms with Gasteiger partial charge in [-0.1, -0.05) is 12.2 Å². The molecule has 1 saturated heterocycles. The van der Waals surface area contributed by atoms with E-state index in [0.29, 0.717) is 72.7 Å². The van der Waals surface area contributed by atoms with E-state index in [4.69, 9.17) is 33.2 Å². The molecule has 0 N–H and O–H groups in total. The minimum atomic E-state index is -0.00649. The second kappa shape index (κ2) is 14.6. The largest absolute Gasteiger partial charge is 0.377 e. The van der Waals surface area contributed by atoms with Crippen molar-refractivity contribution in [1.82, 2.24) is 0 Å². The number of hydrogen-bond acceptors (Lipinski definition) is 7. The summed E-state index contributed by atoms with van der Waals surface area (Å²) in [7, 11) is 0. The summed E-state index contributed by atoms with van der Waals surface area (Å²) in [5, 5.41) is 0. The second-order valence-corrected chi connectivity index (χ2v) is 5.88. The Hall–Kier alpha value is -0.540. The SMILES string of the molecule is C1=C/CO[C@H]2CCCO[C@@H]2COCCOCCOCCOCCOC/1. The van der Waals surface area contributed by atoms with E-state index in [9.17, 15) is 0 Å². The average Bonchev–Trinajstić information content (AvgIpc) is 2.64. The lowest BCUT2D eigenvalue weighted by atomic mass is 10.1. The van der Waals surface area contributed by atoms with Gasteiger partial charge in [-0.15, -0.1) is 0 Å². The minimum Gasteiger partial charge on any atom is -0.377 e. The van der Waals surface area contributed by atoms with Crippen molar-refractivity contribution in [2.45, 2.75) is 25.0 Å². The molecule has 0 aromatic rings. The summed E-state index contributed by atoms with van der Waals surface area (Å²) in [5.74, 6) is 0. The van der Waals surface area contributed by atoms with E-state index in [1.54, 1.807) is 0 Å². The van der Waals surface area contributed by atoms with Crippen molar-refractivity contribution >= 4 is 0 Å². The first-order valence-corrected chi connectivity index (χ1v) is 9.24. The molecule has 0 bridgehead atoms. The van der Waals surface area contributed by atoms with Crippen molar-refractivity contribution in [2.75, 3.05) is 79.3 Å². The zero-order valence-corrected chi connectivity index (χ0v) is 15.1. The normalized spacial score (nSPS) is 31.4. The molecule has 2 aliphatic rings. The number of rotatable bonds is 0. The molecule has 0 aliphatic carbocycles. The maximum Gasteiger partial charge on any atom is 0.107 e. The Kier molecular flexibility index (Phi) is 12.1. The summed E-state index contributed by atoms with van der Waals surface area (Å²) in [6.07, 6.45) is 6.06. The molecule has 7 heteroatoms. The molecule has 0 unspecified atom stereocenters. The first kappa shape index (κ1) is 20.8. The van der Waals surface area contributed by atoms with Crippen LogP contribution < -0.4 is 0 Å². The van der Waals surface area contributed by atoms with E-state index in [1.807, 2.05) is 12.2 Å². The van der Waals surface area contributed by atoms with Crippen LogP contribution in [0.1, 0.15) is 12.8 Å². The van der Waals surface area contributed by atoms with Crippen molar-refractivity contribution in [3.63, 3.8) is 0 Å². The van der Waals surface area contributed by atoms with Crippen LogP contribution in [0.4, 0.5) is 0 Å². The molecule has 7 nitrogen and oxygen atoms in total. The predicted octanol–water partition coefficient (Wildman–Crippen LogP) is 1.20. The van der Waals surface area contributed by atoms with Crippen LogP contribution in [0, 0.1) is 0 Å². The van der Waals surface area contributed by atoms with E-state index >= 15 is 0 Å². The second-order valence-electron chi connectivity index (χ2n) is 5.88. The van der Waals surface area contributed by atoms with Crippen molar-refractivity contribution in [3.05, 3.63) is 12.2 Å². The van der Waals surface area contributed by atoms with Crippen LogP contribution in [0.15, 0.2) is 12.2 Å². The van der Waals surface area contributed by atoms with E-state index in [0.717, 1.165) is 19.4 Å². The fraction of sp³-hybridized carbons (Fsp3) is 0.889. The lowest BCUT2D eigenvalue weighted by molar-refractivity contribution is -0.129. The Labute approximate surface area is 150 Å². The van der Waals surface area contributed by atoms with Crippen molar-refractivity contribution in [3.8, 4) is 0 Å². The van der Waals surface area contributed by atoms with Gasteiger partial charge in [0.15, 0.2) is 0 Å².